The third-order valence-electron chi connectivity index (χ3n) is 9.10. The van der Waals surface area contributed by atoms with Gasteiger partial charge in [-0.25, -0.2) is 0 Å². The molecule has 4 aromatic rings. The third-order valence-corrected chi connectivity index (χ3v) is 10.9. The molecule has 0 aromatic heterocycles. The van der Waals surface area contributed by atoms with E-state index in [2.05, 4.69) is 163 Å². The van der Waals surface area contributed by atoms with Crippen molar-refractivity contribution in [3.63, 3.8) is 0 Å². The van der Waals surface area contributed by atoms with Crippen LogP contribution in [0.15, 0.2) is 91.0 Å². The van der Waals surface area contributed by atoms with Gasteiger partial charge in [-0.15, -0.1) is 0 Å². The summed E-state index contributed by atoms with van der Waals surface area (Å²) in [6.45, 7) is 24.7. The number of nitrogens with zero attached hydrogens (tertiary/aromatic N) is 3. The van der Waals surface area contributed by atoms with Crippen LogP contribution in [0, 0.1) is 6.67 Å². The average molecular weight is 787 g/mol. The van der Waals surface area contributed by atoms with E-state index in [0.29, 0.717) is 23.7 Å². The van der Waals surface area contributed by atoms with Gasteiger partial charge in [-0.3, -0.25) is 0 Å². The predicted octanol–water partition coefficient (Wildman–Crippen LogP) is 12.0. The number of benzene rings is 4. The second kappa shape index (κ2) is 18.7. The Morgan fingerprint density at radius 2 is 1.04 bits per heavy atom. The van der Waals surface area contributed by atoms with Crippen molar-refractivity contribution < 1.29 is 13.5 Å². The Balaban J connectivity index is 0.000000237. The number of hydrogen-bond acceptors (Lipinski definition) is 3. The van der Waals surface area contributed by atoms with Crippen molar-refractivity contribution in [3.05, 3.63) is 137 Å². The second-order valence-corrected chi connectivity index (χ2v) is 20.1. The van der Waals surface area contributed by atoms with E-state index in [1.165, 1.54) is 44.8 Å². The first-order chi connectivity index (χ1) is 23.4. The normalized spacial score (nSPS) is 13.5. The molecule has 0 N–H and O–H groups in total. The molecule has 1 heterocycles. The molecule has 4 aromatic carbocycles. The molecule has 3 nitrogen and oxygen atoms in total. The van der Waals surface area contributed by atoms with E-state index in [1.807, 2.05) is 16.7 Å². The fraction of sp³-hybridized carbons (Fsp3) is 0.395. The summed E-state index contributed by atoms with van der Waals surface area (Å²) >= 11 is -1.78. The van der Waals surface area contributed by atoms with E-state index in [9.17, 15) is 0 Å². The van der Waals surface area contributed by atoms with Gasteiger partial charge in [0.05, 0.1) is 0 Å². The minimum absolute atomic E-state index is 0.514. The summed E-state index contributed by atoms with van der Waals surface area (Å²) in [4.78, 5) is 7.30. The van der Waals surface area contributed by atoms with Crippen LogP contribution >= 0.6 is 19.4 Å². The van der Waals surface area contributed by atoms with E-state index in [-0.39, 0.29) is 0 Å². The quantitative estimate of drug-likeness (QED) is 0.111. The average Bonchev–Trinajstić information content (AvgIpc) is 3.55. The number of halogens is 2. The summed E-state index contributed by atoms with van der Waals surface area (Å²) in [7, 11) is 14.1. The molecule has 0 atom stereocenters. The fourth-order valence-corrected chi connectivity index (χ4v) is 8.51. The molecule has 0 spiro atoms. The number of anilines is 2. The first kappa shape index (κ1) is 39.3. The molecule has 1 fully saturated rings. The summed E-state index contributed by atoms with van der Waals surface area (Å²) < 4.78 is 2.01. The van der Waals surface area contributed by atoms with Gasteiger partial charge in [-0.05, 0) is 45.9 Å². The molecule has 0 saturated carbocycles. The van der Waals surface area contributed by atoms with Crippen LogP contribution in [0.4, 0.5) is 11.4 Å². The number of rotatable bonds is 11. The summed E-state index contributed by atoms with van der Waals surface area (Å²) in [5.74, 6) is 2.06. The van der Waals surface area contributed by atoms with E-state index < -0.39 is 13.5 Å². The second-order valence-electron chi connectivity index (χ2n) is 14.4. The molecule has 1 saturated heterocycles. The zero-order chi connectivity index (χ0) is 35.7. The van der Waals surface area contributed by atoms with Crippen LogP contribution in [0.2, 0.25) is 0 Å². The molecule has 49 heavy (non-hydrogen) atoms. The maximum atomic E-state index is 5.99. The Labute approximate surface area is 310 Å². The Morgan fingerprint density at radius 3 is 1.47 bits per heavy atom. The summed E-state index contributed by atoms with van der Waals surface area (Å²) in [5, 5.41) is 0. The molecule has 5 rings (SSSR count). The number of para-hydroxylation sites is 2. The maximum absolute atomic E-state index is 5.99. The van der Waals surface area contributed by atoms with Crippen LogP contribution in [0.5, 0.6) is 0 Å². The summed E-state index contributed by atoms with van der Waals surface area (Å²) in [6, 6.07) is 32.5. The van der Waals surface area contributed by atoms with Crippen LogP contribution in [0.25, 0.3) is 0 Å². The van der Waals surface area contributed by atoms with E-state index >= 15 is 0 Å². The summed E-state index contributed by atoms with van der Waals surface area (Å²) in [5.41, 5.74) is 12.4. The van der Waals surface area contributed by atoms with Crippen molar-refractivity contribution in [2.75, 3.05) is 29.9 Å². The standard InChI is InChI=1S/C27H39N2.C16H17N.2ClH.Ru/c1-18(2)22-11-9-12-23(19(3)4)26(22)28-15-16-29(17-28)27-24(20(5)6)13-10-14-25(27)21(7)8;1-14-8-6-7-11-16(14)13-17(2)12-15-9-4-3-5-10-15;;;/h9-14,17-21H,15-16H2,1-8H3;1,3-11H,12-13H2,2H3;2*1H;/q-1;;;;+2/p-2. The van der Waals surface area contributed by atoms with Crippen LogP contribution in [0.3, 0.4) is 0 Å². The SMILES string of the molecule is CC(C)c1cccc(C(C)C)c1N1[CH-]N(c2c(C(C)C)cccc2C(C)C)CC1.CN(Cc1ccccc1)Cc1ccccc1[CH]=[Ru]([Cl])[Cl]. The summed E-state index contributed by atoms with van der Waals surface area (Å²) in [6.07, 6.45) is 0. The first-order valence-corrected chi connectivity index (χ1v) is 23.1. The first-order valence-electron chi connectivity index (χ1n) is 17.6. The van der Waals surface area contributed by atoms with Crippen LogP contribution in [-0.2, 0) is 26.6 Å². The Hall–Kier alpha value is -2.49. The molecule has 1 aliphatic rings. The molecule has 6 heteroatoms. The van der Waals surface area contributed by atoms with Gasteiger partial charge >= 0.3 is 134 Å². The van der Waals surface area contributed by atoms with Crippen molar-refractivity contribution in [1.29, 1.82) is 0 Å². The Kier molecular flexibility index (Phi) is 15.0. The van der Waals surface area contributed by atoms with Crippen molar-refractivity contribution in [2.45, 2.75) is 92.2 Å². The molecular weight excluding hydrogens is 730 g/mol. The van der Waals surface area contributed by atoms with E-state index in [4.69, 9.17) is 19.4 Å². The molecule has 266 valence electrons. The van der Waals surface area contributed by atoms with Gasteiger partial charge in [0.25, 0.3) is 0 Å². The van der Waals surface area contributed by atoms with Crippen LogP contribution in [-0.4, -0.2) is 29.6 Å². The third kappa shape index (κ3) is 10.8. The molecule has 0 amide bonds. The van der Waals surface area contributed by atoms with Gasteiger partial charge in [-0.1, -0.05) is 91.8 Å². The molecule has 0 unspecified atom stereocenters. The molecule has 0 bridgehead atoms. The molecule has 0 radical (unpaired) electrons. The van der Waals surface area contributed by atoms with Crippen LogP contribution in [0.1, 0.15) is 118 Å². The molecule has 1 aliphatic heterocycles. The molecular formula is C43H56Cl2N3Ru-. The van der Waals surface area contributed by atoms with Crippen molar-refractivity contribution in [3.8, 4) is 0 Å². The topological polar surface area (TPSA) is 9.72 Å². The van der Waals surface area contributed by atoms with Crippen molar-refractivity contribution >= 4 is 35.4 Å². The van der Waals surface area contributed by atoms with Gasteiger partial charge < -0.3 is 9.80 Å². The van der Waals surface area contributed by atoms with Crippen molar-refractivity contribution in [1.82, 2.24) is 4.90 Å². The van der Waals surface area contributed by atoms with Gasteiger partial charge in [0, 0.05) is 24.5 Å². The van der Waals surface area contributed by atoms with Gasteiger partial charge in [0.15, 0.2) is 0 Å². The molecule has 0 aliphatic carbocycles. The number of hydrogen-bond donors (Lipinski definition) is 0. The van der Waals surface area contributed by atoms with E-state index in [0.717, 1.165) is 31.7 Å². The van der Waals surface area contributed by atoms with Crippen LogP contribution < -0.4 is 9.80 Å². The Morgan fingerprint density at radius 1 is 0.612 bits per heavy atom. The zero-order valence-electron chi connectivity index (χ0n) is 30.9. The fourth-order valence-electron chi connectivity index (χ4n) is 6.63. The van der Waals surface area contributed by atoms with Gasteiger partial charge in [0.2, 0.25) is 0 Å². The van der Waals surface area contributed by atoms with Crippen molar-refractivity contribution in [2.24, 2.45) is 0 Å². The monoisotopic (exact) mass is 786 g/mol. The van der Waals surface area contributed by atoms with Gasteiger partial charge in [-0.2, -0.15) is 6.67 Å². The van der Waals surface area contributed by atoms with E-state index in [1.54, 1.807) is 0 Å². The Bertz CT molecular complexity index is 1540. The predicted molar refractivity (Wildman–Crippen MR) is 213 cm³/mol. The van der Waals surface area contributed by atoms with Gasteiger partial charge in [0.1, 0.15) is 0 Å². The zero-order valence-corrected chi connectivity index (χ0v) is 34.2. The minimum atomic E-state index is -1.78.